The maximum atomic E-state index is 10.6. The average molecular weight is 191 g/mol. The highest BCUT2D eigenvalue weighted by atomic mass is 35.5. The maximum Gasteiger partial charge on any atom is 0.302 e. The molecule has 0 amide bonds. The van der Waals surface area contributed by atoms with E-state index in [2.05, 4.69) is 12.2 Å². The van der Waals surface area contributed by atoms with E-state index in [9.17, 15) is 4.79 Å². The molecule has 0 N–H and O–H groups in total. The van der Waals surface area contributed by atoms with Gasteiger partial charge in [0, 0.05) is 13.3 Å². The fraction of sp³-hybridized carbons (Fsp3) is 0.667. The Kier molecular flexibility index (Phi) is 5.81. The molecular weight excluding hydrogens is 176 g/mol. The van der Waals surface area contributed by atoms with Gasteiger partial charge in [0.25, 0.3) is 0 Å². The van der Waals surface area contributed by atoms with Crippen LogP contribution in [0.2, 0.25) is 0 Å². The Morgan fingerprint density at radius 2 is 2.25 bits per heavy atom. The van der Waals surface area contributed by atoms with Crippen LogP contribution in [0.4, 0.5) is 0 Å². The molecule has 0 aromatic heterocycles. The molecule has 0 fully saturated rings. The van der Waals surface area contributed by atoms with Crippen LogP contribution in [0.5, 0.6) is 0 Å². The summed E-state index contributed by atoms with van der Waals surface area (Å²) in [5.41, 5.74) is 0. The molecular formula is C9H15ClO2. The number of esters is 1. The molecule has 2 nitrogen and oxygen atoms in total. The zero-order chi connectivity index (χ0) is 8.10. The number of ether oxygens (including phenoxy) is 1. The van der Waals surface area contributed by atoms with E-state index in [1.165, 1.54) is 6.92 Å². The first-order chi connectivity index (χ1) is 5.29. The number of carbonyl (C=O) groups excluding carboxylic acids is 1. The third-order valence-electron chi connectivity index (χ3n) is 1.80. The lowest BCUT2D eigenvalue weighted by molar-refractivity contribution is -0.146. The van der Waals surface area contributed by atoms with Gasteiger partial charge in [0.2, 0.25) is 0 Å². The smallest absolute Gasteiger partial charge is 0.302 e. The standard InChI is InChI=1S/C9H14O2.ClH/c1-8(10)11-9-6-4-2-3-5-7-9;/h2,4,9H,3,5-7H2,1H3;1H. The Morgan fingerprint density at radius 1 is 1.50 bits per heavy atom. The molecule has 0 saturated carbocycles. The topological polar surface area (TPSA) is 26.3 Å². The highest BCUT2D eigenvalue weighted by Gasteiger charge is 2.10. The highest BCUT2D eigenvalue weighted by molar-refractivity contribution is 5.85. The zero-order valence-electron chi connectivity index (χ0n) is 7.29. The summed E-state index contributed by atoms with van der Waals surface area (Å²) in [6.45, 7) is 1.47. The third-order valence-corrected chi connectivity index (χ3v) is 1.80. The van der Waals surface area contributed by atoms with Crippen molar-refractivity contribution >= 4 is 18.4 Å². The second-order valence-electron chi connectivity index (χ2n) is 2.87. The van der Waals surface area contributed by atoms with Crippen molar-refractivity contribution in [1.29, 1.82) is 0 Å². The van der Waals surface area contributed by atoms with Crippen LogP contribution in [-0.4, -0.2) is 12.1 Å². The Labute approximate surface area is 79.4 Å². The summed E-state index contributed by atoms with van der Waals surface area (Å²) in [7, 11) is 0. The zero-order valence-corrected chi connectivity index (χ0v) is 8.10. The van der Waals surface area contributed by atoms with Gasteiger partial charge in [-0.15, -0.1) is 12.4 Å². The Morgan fingerprint density at radius 3 is 2.92 bits per heavy atom. The minimum atomic E-state index is -0.162. The van der Waals surface area contributed by atoms with E-state index in [0.717, 1.165) is 25.7 Å². The number of hydrogen-bond acceptors (Lipinski definition) is 2. The molecule has 1 atom stereocenters. The van der Waals surface area contributed by atoms with E-state index >= 15 is 0 Å². The van der Waals surface area contributed by atoms with E-state index in [1.54, 1.807) is 0 Å². The minimum absolute atomic E-state index is 0. The fourth-order valence-electron chi connectivity index (χ4n) is 1.29. The summed E-state index contributed by atoms with van der Waals surface area (Å²) in [6, 6.07) is 0. The van der Waals surface area contributed by atoms with E-state index in [0.29, 0.717) is 0 Å². The van der Waals surface area contributed by atoms with Crippen LogP contribution in [0.15, 0.2) is 12.2 Å². The molecule has 0 aromatic carbocycles. The van der Waals surface area contributed by atoms with Crippen LogP contribution >= 0.6 is 12.4 Å². The first-order valence-electron chi connectivity index (χ1n) is 4.11. The molecule has 1 aliphatic carbocycles. The van der Waals surface area contributed by atoms with E-state index in [4.69, 9.17) is 4.74 Å². The quantitative estimate of drug-likeness (QED) is 0.469. The predicted molar refractivity (Wildman–Crippen MR) is 50.4 cm³/mol. The lowest BCUT2D eigenvalue weighted by atomic mass is 10.1. The molecule has 0 bridgehead atoms. The van der Waals surface area contributed by atoms with Gasteiger partial charge in [-0.1, -0.05) is 12.2 Å². The van der Waals surface area contributed by atoms with Gasteiger partial charge in [-0.05, 0) is 19.3 Å². The number of carbonyl (C=O) groups is 1. The molecule has 3 heteroatoms. The third kappa shape index (κ3) is 4.39. The molecule has 0 radical (unpaired) electrons. The molecule has 70 valence electrons. The van der Waals surface area contributed by atoms with Crippen LogP contribution in [0, 0.1) is 0 Å². The van der Waals surface area contributed by atoms with Gasteiger partial charge in [-0.3, -0.25) is 4.79 Å². The van der Waals surface area contributed by atoms with Crippen molar-refractivity contribution in [2.24, 2.45) is 0 Å². The summed E-state index contributed by atoms with van der Waals surface area (Å²) in [5.74, 6) is -0.162. The van der Waals surface area contributed by atoms with Gasteiger partial charge in [-0.25, -0.2) is 0 Å². The lowest BCUT2D eigenvalue weighted by Gasteiger charge is -2.12. The van der Waals surface area contributed by atoms with E-state index in [-0.39, 0.29) is 24.5 Å². The average Bonchev–Trinajstić information content (AvgIpc) is 2.14. The molecule has 0 saturated heterocycles. The molecule has 0 aromatic rings. The largest absolute Gasteiger partial charge is 0.462 e. The van der Waals surface area contributed by atoms with Crippen LogP contribution in [-0.2, 0) is 9.53 Å². The minimum Gasteiger partial charge on any atom is -0.462 e. The van der Waals surface area contributed by atoms with Crippen molar-refractivity contribution in [3.63, 3.8) is 0 Å². The SMILES string of the molecule is CC(=O)OC1CC=CCCC1.Cl. The van der Waals surface area contributed by atoms with E-state index < -0.39 is 0 Å². The molecule has 0 aliphatic heterocycles. The van der Waals surface area contributed by atoms with Crippen molar-refractivity contribution in [3.05, 3.63) is 12.2 Å². The van der Waals surface area contributed by atoms with Crippen LogP contribution < -0.4 is 0 Å². The van der Waals surface area contributed by atoms with Gasteiger partial charge < -0.3 is 4.74 Å². The monoisotopic (exact) mass is 190 g/mol. The van der Waals surface area contributed by atoms with Gasteiger partial charge >= 0.3 is 5.97 Å². The van der Waals surface area contributed by atoms with Gasteiger partial charge in [0.05, 0.1) is 0 Å². The molecule has 1 unspecified atom stereocenters. The summed E-state index contributed by atoms with van der Waals surface area (Å²) >= 11 is 0. The number of hydrogen-bond donors (Lipinski definition) is 0. The predicted octanol–water partition coefficient (Wildman–Crippen LogP) is 2.47. The number of rotatable bonds is 1. The molecule has 0 heterocycles. The van der Waals surface area contributed by atoms with Crippen LogP contribution in [0.1, 0.15) is 32.6 Å². The van der Waals surface area contributed by atoms with Gasteiger partial charge in [0.15, 0.2) is 0 Å². The summed E-state index contributed by atoms with van der Waals surface area (Å²) < 4.78 is 5.08. The molecule has 0 spiro atoms. The highest BCUT2D eigenvalue weighted by Crippen LogP contribution is 2.14. The normalized spacial score (nSPS) is 22.2. The first kappa shape index (κ1) is 11.5. The lowest BCUT2D eigenvalue weighted by Crippen LogP contribution is -2.14. The Hall–Kier alpha value is -0.500. The van der Waals surface area contributed by atoms with Gasteiger partial charge in [-0.2, -0.15) is 0 Å². The van der Waals surface area contributed by atoms with Crippen molar-refractivity contribution in [2.45, 2.75) is 38.7 Å². The van der Waals surface area contributed by atoms with E-state index in [1.807, 2.05) is 0 Å². The summed E-state index contributed by atoms with van der Waals surface area (Å²) in [5, 5.41) is 0. The van der Waals surface area contributed by atoms with Crippen molar-refractivity contribution in [1.82, 2.24) is 0 Å². The summed E-state index contributed by atoms with van der Waals surface area (Å²) in [6.07, 6.45) is 8.54. The molecule has 1 rings (SSSR count). The van der Waals surface area contributed by atoms with Crippen LogP contribution in [0.25, 0.3) is 0 Å². The van der Waals surface area contributed by atoms with Crippen molar-refractivity contribution in [3.8, 4) is 0 Å². The second-order valence-corrected chi connectivity index (χ2v) is 2.87. The van der Waals surface area contributed by atoms with Gasteiger partial charge in [0.1, 0.15) is 6.10 Å². The number of allylic oxidation sites excluding steroid dienone is 1. The molecule has 12 heavy (non-hydrogen) atoms. The first-order valence-corrected chi connectivity index (χ1v) is 4.11. The van der Waals surface area contributed by atoms with Crippen molar-refractivity contribution in [2.75, 3.05) is 0 Å². The second kappa shape index (κ2) is 6.06. The van der Waals surface area contributed by atoms with Crippen molar-refractivity contribution < 1.29 is 9.53 Å². The Balaban J connectivity index is 0.00000121. The maximum absolute atomic E-state index is 10.6. The number of halogens is 1. The Bertz CT molecular complexity index is 166. The van der Waals surface area contributed by atoms with Crippen LogP contribution in [0.3, 0.4) is 0 Å². The molecule has 1 aliphatic rings. The fourth-order valence-corrected chi connectivity index (χ4v) is 1.29. The summed E-state index contributed by atoms with van der Waals surface area (Å²) in [4.78, 5) is 10.6.